The molecule has 0 aliphatic carbocycles. The average molecular weight is 461 g/mol. The van der Waals surface area contributed by atoms with Crippen molar-refractivity contribution in [1.29, 1.82) is 0 Å². The predicted octanol–water partition coefficient (Wildman–Crippen LogP) is 5.92. The number of carbonyl (C=O) groups is 1. The van der Waals surface area contributed by atoms with Crippen LogP contribution < -0.4 is 5.32 Å². The maximum absolute atomic E-state index is 12.8. The lowest BCUT2D eigenvalue weighted by Crippen LogP contribution is -2.20. The summed E-state index contributed by atoms with van der Waals surface area (Å²) >= 11 is 1.36. The topological polar surface area (TPSA) is 73.0 Å². The van der Waals surface area contributed by atoms with Crippen LogP contribution in [0.4, 0.5) is 5.69 Å². The number of rotatable bonds is 7. The fraction of sp³-hybridized carbons (Fsp3) is 0.269. The van der Waals surface area contributed by atoms with E-state index < -0.39 is 0 Å². The molecular formula is C26H28N4O2S. The average Bonchev–Trinajstić information content (AvgIpc) is 3.42. The van der Waals surface area contributed by atoms with Crippen LogP contribution in [0.5, 0.6) is 0 Å². The van der Waals surface area contributed by atoms with Gasteiger partial charge in [0.05, 0.1) is 18.6 Å². The molecule has 0 atom stereocenters. The van der Waals surface area contributed by atoms with E-state index in [1.165, 1.54) is 11.8 Å². The van der Waals surface area contributed by atoms with Gasteiger partial charge in [0.15, 0.2) is 11.0 Å². The predicted molar refractivity (Wildman–Crippen MR) is 133 cm³/mol. The highest BCUT2D eigenvalue weighted by molar-refractivity contribution is 7.99. The second kappa shape index (κ2) is 9.67. The van der Waals surface area contributed by atoms with Gasteiger partial charge in [-0.15, -0.1) is 10.2 Å². The molecule has 33 heavy (non-hydrogen) atoms. The number of amides is 1. The number of para-hydroxylation sites is 1. The van der Waals surface area contributed by atoms with Gasteiger partial charge in [-0.25, -0.2) is 0 Å². The first-order valence-corrected chi connectivity index (χ1v) is 11.8. The number of nitrogens with zero attached hydrogens (tertiary/aromatic N) is 3. The van der Waals surface area contributed by atoms with Gasteiger partial charge in [-0.1, -0.05) is 74.5 Å². The van der Waals surface area contributed by atoms with Crippen LogP contribution in [-0.4, -0.2) is 26.4 Å². The Morgan fingerprint density at radius 1 is 1.06 bits per heavy atom. The van der Waals surface area contributed by atoms with Gasteiger partial charge in [0.2, 0.25) is 5.91 Å². The Morgan fingerprint density at radius 2 is 1.88 bits per heavy atom. The molecule has 2 heterocycles. The first kappa shape index (κ1) is 22.9. The number of benzene rings is 2. The molecule has 170 valence electrons. The molecule has 0 unspecified atom stereocenters. The number of anilines is 1. The van der Waals surface area contributed by atoms with Gasteiger partial charge in [0, 0.05) is 11.3 Å². The summed E-state index contributed by atoms with van der Waals surface area (Å²) in [5, 5.41) is 12.6. The number of thioether (sulfide) groups is 1. The summed E-state index contributed by atoms with van der Waals surface area (Å²) in [6, 6.07) is 19.9. The summed E-state index contributed by atoms with van der Waals surface area (Å²) in [5.74, 6) is 1.69. The maximum Gasteiger partial charge on any atom is 0.234 e. The van der Waals surface area contributed by atoms with Gasteiger partial charge in [0.25, 0.3) is 0 Å². The largest absolute Gasteiger partial charge is 0.467 e. The normalized spacial score (nSPS) is 11.5. The van der Waals surface area contributed by atoms with E-state index in [2.05, 4.69) is 48.4 Å². The third-order valence-corrected chi connectivity index (χ3v) is 6.20. The van der Waals surface area contributed by atoms with Gasteiger partial charge < -0.3 is 9.73 Å². The molecule has 0 saturated heterocycles. The van der Waals surface area contributed by atoms with Crippen LogP contribution in [0.25, 0.3) is 11.4 Å². The third-order valence-electron chi connectivity index (χ3n) is 5.23. The second-order valence-corrected chi connectivity index (χ2v) is 9.92. The molecule has 0 aliphatic rings. The molecule has 2 aromatic carbocycles. The van der Waals surface area contributed by atoms with Crippen molar-refractivity contribution in [3.8, 4) is 11.4 Å². The van der Waals surface area contributed by atoms with Crippen molar-refractivity contribution >= 4 is 23.4 Å². The van der Waals surface area contributed by atoms with Crippen LogP contribution in [0.1, 0.15) is 37.7 Å². The third kappa shape index (κ3) is 5.54. The fourth-order valence-electron chi connectivity index (χ4n) is 3.66. The van der Waals surface area contributed by atoms with E-state index in [-0.39, 0.29) is 17.1 Å². The van der Waals surface area contributed by atoms with E-state index in [4.69, 9.17) is 4.42 Å². The molecule has 0 spiro atoms. The summed E-state index contributed by atoms with van der Waals surface area (Å²) in [6.45, 7) is 8.94. The summed E-state index contributed by atoms with van der Waals surface area (Å²) in [7, 11) is 0. The molecule has 2 aromatic heterocycles. The van der Waals surface area contributed by atoms with Crippen molar-refractivity contribution in [1.82, 2.24) is 14.8 Å². The zero-order valence-corrected chi connectivity index (χ0v) is 20.1. The molecule has 0 saturated carbocycles. The van der Waals surface area contributed by atoms with Crippen molar-refractivity contribution in [2.75, 3.05) is 11.1 Å². The van der Waals surface area contributed by atoms with Crippen LogP contribution >= 0.6 is 11.8 Å². The summed E-state index contributed by atoms with van der Waals surface area (Å²) in [5.41, 5.74) is 4.00. The molecule has 4 aromatic rings. The van der Waals surface area contributed by atoms with Gasteiger partial charge in [0.1, 0.15) is 5.76 Å². The molecule has 0 bridgehead atoms. The number of hydrogen-bond donors (Lipinski definition) is 1. The molecular weight excluding hydrogens is 432 g/mol. The monoisotopic (exact) mass is 460 g/mol. The highest BCUT2D eigenvalue weighted by Crippen LogP contribution is 2.30. The Labute approximate surface area is 198 Å². The zero-order valence-electron chi connectivity index (χ0n) is 19.3. The van der Waals surface area contributed by atoms with Crippen molar-refractivity contribution in [3.63, 3.8) is 0 Å². The van der Waals surface area contributed by atoms with E-state index in [9.17, 15) is 4.79 Å². The summed E-state index contributed by atoms with van der Waals surface area (Å²) < 4.78 is 7.56. The first-order valence-electron chi connectivity index (χ1n) is 10.9. The molecule has 1 N–H and O–H groups in total. The molecule has 1 amide bonds. The lowest BCUT2D eigenvalue weighted by molar-refractivity contribution is -0.113. The Balaban J connectivity index is 1.54. The fourth-order valence-corrected chi connectivity index (χ4v) is 4.39. The first-order chi connectivity index (χ1) is 15.8. The highest BCUT2D eigenvalue weighted by Gasteiger charge is 2.20. The van der Waals surface area contributed by atoms with E-state index in [1.54, 1.807) is 6.26 Å². The molecule has 4 rings (SSSR count). The SMILES string of the molecule is Cc1cccc(-c2nnc(SCC(=O)Nc3ccccc3C(C)(C)C)n2Cc2ccco2)c1. The molecule has 0 radical (unpaired) electrons. The van der Waals surface area contributed by atoms with Crippen molar-refractivity contribution in [2.24, 2.45) is 0 Å². The number of aryl methyl sites for hydroxylation is 1. The minimum atomic E-state index is -0.0821. The lowest BCUT2D eigenvalue weighted by atomic mass is 9.86. The van der Waals surface area contributed by atoms with Crippen molar-refractivity contribution in [3.05, 3.63) is 83.8 Å². The van der Waals surface area contributed by atoms with Gasteiger partial charge in [-0.05, 0) is 42.2 Å². The zero-order chi connectivity index (χ0) is 23.4. The number of furan rings is 1. The number of nitrogens with one attached hydrogen (secondary N) is 1. The van der Waals surface area contributed by atoms with Crippen LogP contribution in [0, 0.1) is 6.92 Å². The quantitative estimate of drug-likeness (QED) is 0.346. The van der Waals surface area contributed by atoms with Crippen LogP contribution in [0.3, 0.4) is 0 Å². The van der Waals surface area contributed by atoms with Crippen LogP contribution in [-0.2, 0) is 16.8 Å². The molecule has 0 fully saturated rings. The Hall–Kier alpha value is -3.32. The van der Waals surface area contributed by atoms with E-state index in [0.717, 1.165) is 34.0 Å². The van der Waals surface area contributed by atoms with E-state index >= 15 is 0 Å². The van der Waals surface area contributed by atoms with Gasteiger partial charge in [-0.3, -0.25) is 9.36 Å². The van der Waals surface area contributed by atoms with Gasteiger partial charge >= 0.3 is 0 Å². The van der Waals surface area contributed by atoms with E-state index in [1.807, 2.05) is 60.0 Å². The summed E-state index contributed by atoms with van der Waals surface area (Å²) in [6.07, 6.45) is 1.65. The van der Waals surface area contributed by atoms with Crippen molar-refractivity contribution < 1.29 is 9.21 Å². The highest BCUT2D eigenvalue weighted by atomic mass is 32.2. The smallest absolute Gasteiger partial charge is 0.234 e. The number of carbonyl (C=O) groups excluding carboxylic acids is 1. The van der Waals surface area contributed by atoms with Crippen LogP contribution in [0.2, 0.25) is 0 Å². The van der Waals surface area contributed by atoms with Crippen LogP contribution in [0.15, 0.2) is 76.5 Å². The number of hydrogen-bond acceptors (Lipinski definition) is 5. The number of aromatic nitrogens is 3. The molecule has 0 aliphatic heterocycles. The van der Waals surface area contributed by atoms with Crippen molar-refractivity contribution in [2.45, 2.75) is 44.8 Å². The maximum atomic E-state index is 12.8. The minimum absolute atomic E-state index is 0.0665. The lowest BCUT2D eigenvalue weighted by Gasteiger charge is -2.22. The van der Waals surface area contributed by atoms with E-state index in [0.29, 0.717) is 11.7 Å². The Morgan fingerprint density at radius 3 is 2.61 bits per heavy atom. The standard InChI is InChI=1S/C26H28N4O2S/c1-18-9-7-10-19(15-18)24-28-29-25(30(24)16-20-11-8-14-32-20)33-17-23(31)27-22-13-6-5-12-21(22)26(2,3)4/h5-15H,16-17H2,1-4H3,(H,27,31). The molecule has 7 heteroatoms. The molecule has 6 nitrogen and oxygen atoms in total. The summed E-state index contributed by atoms with van der Waals surface area (Å²) in [4.78, 5) is 12.8. The second-order valence-electron chi connectivity index (χ2n) is 8.97. The minimum Gasteiger partial charge on any atom is -0.467 e. The van der Waals surface area contributed by atoms with Gasteiger partial charge in [-0.2, -0.15) is 0 Å². The Bertz CT molecular complexity index is 1240. The Kier molecular flexibility index (Phi) is 6.70.